The van der Waals surface area contributed by atoms with Crippen molar-refractivity contribution in [2.75, 3.05) is 37.6 Å². The van der Waals surface area contributed by atoms with Crippen LogP contribution in [-0.2, 0) is 0 Å². The van der Waals surface area contributed by atoms with Crippen LogP contribution in [0.25, 0.3) is 0 Å². The van der Waals surface area contributed by atoms with Crippen LogP contribution < -0.4 is 4.90 Å². The lowest BCUT2D eigenvalue weighted by Gasteiger charge is -2.24. The van der Waals surface area contributed by atoms with Gasteiger partial charge in [-0.15, -0.1) is 0 Å². The maximum absolute atomic E-state index is 10.4. The zero-order chi connectivity index (χ0) is 16.1. The van der Waals surface area contributed by atoms with Crippen molar-refractivity contribution in [2.45, 2.75) is 12.5 Å². The molecule has 5 heteroatoms. The van der Waals surface area contributed by atoms with Crippen LogP contribution in [-0.4, -0.2) is 47.7 Å². The Bertz CT molecular complexity index is 605. The van der Waals surface area contributed by atoms with Crippen LogP contribution in [0.3, 0.4) is 0 Å². The molecule has 0 saturated carbocycles. The SMILES string of the molecule is OC(CN1CCCN(c2ccccn2)CC1)c1ccc(Cl)cc1. The number of rotatable bonds is 4. The molecule has 1 unspecified atom stereocenters. The summed E-state index contributed by atoms with van der Waals surface area (Å²) in [4.78, 5) is 9.07. The number of anilines is 1. The van der Waals surface area contributed by atoms with Gasteiger partial charge in [0.1, 0.15) is 5.82 Å². The molecule has 1 fully saturated rings. The zero-order valence-electron chi connectivity index (χ0n) is 13.1. The zero-order valence-corrected chi connectivity index (χ0v) is 13.9. The smallest absolute Gasteiger partial charge is 0.128 e. The maximum atomic E-state index is 10.4. The van der Waals surface area contributed by atoms with Crippen molar-refractivity contribution in [1.29, 1.82) is 0 Å². The summed E-state index contributed by atoms with van der Waals surface area (Å²) in [6.07, 6.45) is 2.43. The van der Waals surface area contributed by atoms with E-state index in [1.807, 2.05) is 42.6 Å². The summed E-state index contributed by atoms with van der Waals surface area (Å²) >= 11 is 5.90. The van der Waals surface area contributed by atoms with Crippen LogP contribution in [0.1, 0.15) is 18.1 Å². The normalized spacial score (nSPS) is 17.7. The molecule has 0 aliphatic carbocycles. The molecule has 3 rings (SSSR count). The first-order valence-corrected chi connectivity index (χ1v) is 8.42. The molecule has 1 N–H and O–H groups in total. The Morgan fingerprint density at radius 2 is 1.87 bits per heavy atom. The summed E-state index contributed by atoms with van der Waals surface area (Å²) in [5.41, 5.74) is 0.917. The first-order valence-electron chi connectivity index (χ1n) is 8.04. The van der Waals surface area contributed by atoms with Crippen molar-refractivity contribution in [2.24, 2.45) is 0 Å². The van der Waals surface area contributed by atoms with Crippen LogP contribution in [0.2, 0.25) is 5.02 Å². The molecule has 1 saturated heterocycles. The Labute approximate surface area is 142 Å². The van der Waals surface area contributed by atoms with Crippen LogP contribution in [0.4, 0.5) is 5.82 Å². The lowest BCUT2D eigenvalue weighted by Crippen LogP contribution is -2.33. The number of benzene rings is 1. The van der Waals surface area contributed by atoms with Gasteiger partial charge in [-0.3, -0.25) is 4.90 Å². The fourth-order valence-corrected chi connectivity index (χ4v) is 3.08. The molecule has 122 valence electrons. The van der Waals surface area contributed by atoms with Crippen molar-refractivity contribution < 1.29 is 5.11 Å². The first kappa shape index (κ1) is 16.2. The van der Waals surface area contributed by atoms with E-state index in [-0.39, 0.29) is 0 Å². The van der Waals surface area contributed by atoms with Gasteiger partial charge in [-0.1, -0.05) is 29.8 Å². The van der Waals surface area contributed by atoms with Crippen molar-refractivity contribution in [3.8, 4) is 0 Å². The van der Waals surface area contributed by atoms with Gasteiger partial charge in [-0.25, -0.2) is 4.98 Å². The van der Waals surface area contributed by atoms with Crippen LogP contribution in [0.5, 0.6) is 0 Å². The highest BCUT2D eigenvalue weighted by molar-refractivity contribution is 6.30. The van der Waals surface area contributed by atoms with Crippen LogP contribution in [0, 0.1) is 0 Å². The highest BCUT2D eigenvalue weighted by Gasteiger charge is 2.18. The van der Waals surface area contributed by atoms with Gasteiger partial charge in [0, 0.05) is 43.9 Å². The predicted octanol–water partition coefficient (Wildman–Crippen LogP) is 2.98. The molecule has 1 aliphatic heterocycles. The molecule has 1 aliphatic rings. The molecule has 4 nitrogen and oxygen atoms in total. The van der Waals surface area contributed by atoms with Gasteiger partial charge in [0.25, 0.3) is 0 Å². The van der Waals surface area contributed by atoms with Gasteiger partial charge in [-0.2, -0.15) is 0 Å². The van der Waals surface area contributed by atoms with Gasteiger partial charge in [0.2, 0.25) is 0 Å². The summed E-state index contributed by atoms with van der Waals surface area (Å²) in [6, 6.07) is 13.5. The van der Waals surface area contributed by atoms with E-state index < -0.39 is 6.10 Å². The van der Waals surface area contributed by atoms with Crippen molar-refractivity contribution in [3.05, 3.63) is 59.2 Å². The summed E-state index contributed by atoms with van der Waals surface area (Å²) < 4.78 is 0. The molecule has 0 spiro atoms. The fraction of sp³-hybridized carbons (Fsp3) is 0.389. The van der Waals surface area contributed by atoms with E-state index in [4.69, 9.17) is 11.6 Å². The number of aliphatic hydroxyl groups excluding tert-OH is 1. The van der Waals surface area contributed by atoms with E-state index in [2.05, 4.69) is 20.9 Å². The first-order chi connectivity index (χ1) is 11.2. The number of hydrogen-bond donors (Lipinski definition) is 1. The fourth-order valence-electron chi connectivity index (χ4n) is 2.96. The lowest BCUT2D eigenvalue weighted by molar-refractivity contribution is 0.117. The monoisotopic (exact) mass is 331 g/mol. The third-order valence-corrected chi connectivity index (χ3v) is 4.50. The van der Waals surface area contributed by atoms with E-state index in [1.165, 1.54) is 0 Å². The average Bonchev–Trinajstić information content (AvgIpc) is 2.82. The maximum Gasteiger partial charge on any atom is 0.128 e. The summed E-state index contributed by atoms with van der Waals surface area (Å²) in [5.74, 6) is 1.03. The van der Waals surface area contributed by atoms with Crippen molar-refractivity contribution in [3.63, 3.8) is 0 Å². The molecular weight excluding hydrogens is 310 g/mol. The Hall–Kier alpha value is -1.62. The second-order valence-corrected chi connectivity index (χ2v) is 6.33. The number of hydrogen-bond acceptors (Lipinski definition) is 4. The largest absolute Gasteiger partial charge is 0.387 e. The Balaban J connectivity index is 1.57. The number of nitrogens with zero attached hydrogens (tertiary/aromatic N) is 3. The topological polar surface area (TPSA) is 39.6 Å². The molecule has 2 aromatic rings. The molecule has 1 aromatic heterocycles. The Morgan fingerprint density at radius 1 is 1.04 bits per heavy atom. The Kier molecular flexibility index (Phi) is 5.49. The van der Waals surface area contributed by atoms with E-state index in [0.717, 1.165) is 44.0 Å². The number of pyridine rings is 1. The second-order valence-electron chi connectivity index (χ2n) is 5.90. The van der Waals surface area contributed by atoms with Crippen LogP contribution in [0.15, 0.2) is 48.7 Å². The van der Waals surface area contributed by atoms with Gasteiger partial charge in [0.05, 0.1) is 6.10 Å². The average molecular weight is 332 g/mol. The third-order valence-electron chi connectivity index (χ3n) is 4.25. The van der Waals surface area contributed by atoms with E-state index in [0.29, 0.717) is 11.6 Å². The molecule has 2 heterocycles. The van der Waals surface area contributed by atoms with Gasteiger partial charge in [0.15, 0.2) is 0 Å². The minimum absolute atomic E-state index is 0.478. The molecule has 23 heavy (non-hydrogen) atoms. The standard InChI is InChI=1S/C18H22ClN3O/c19-16-7-5-15(6-8-16)17(23)14-21-10-3-11-22(13-12-21)18-4-1-2-9-20-18/h1-2,4-9,17,23H,3,10-14H2. The van der Waals surface area contributed by atoms with E-state index in [1.54, 1.807) is 0 Å². The summed E-state index contributed by atoms with van der Waals surface area (Å²) in [5, 5.41) is 11.1. The number of aromatic nitrogens is 1. The molecule has 0 bridgehead atoms. The second kappa shape index (κ2) is 7.77. The number of aliphatic hydroxyl groups is 1. The molecule has 1 aromatic carbocycles. The van der Waals surface area contributed by atoms with Gasteiger partial charge in [-0.05, 0) is 36.2 Å². The highest BCUT2D eigenvalue weighted by atomic mass is 35.5. The lowest BCUT2D eigenvalue weighted by atomic mass is 10.1. The van der Waals surface area contributed by atoms with Crippen molar-refractivity contribution >= 4 is 17.4 Å². The minimum atomic E-state index is -0.478. The summed E-state index contributed by atoms with van der Waals surface area (Å²) in [6.45, 7) is 4.52. The van der Waals surface area contributed by atoms with E-state index in [9.17, 15) is 5.11 Å². The number of halogens is 1. The quantitative estimate of drug-likeness (QED) is 0.935. The number of β-amino-alcohol motifs (C(OH)–C–C–N with tert-alkyl or cyclic N) is 1. The Morgan fingerprint density at radius 3 is 2.61 bits per heavy atom. The minimum Gasteiger partial charge on any atom is -0.387 e. The molecule has 1 atom stereocenters. The van der Waals surface area contributed by atoms with Gasteiger partial charge >= 0.3 is 0 Å². The molecule has 0 radical (unpaired) electrons. The summed E-state index contributed by atoms with van der Waals surface area (Å²) in [7, 11) is 0. The van der Waals surface area contributed by atoms with Crippen LogP contribution >= 0.6 is 11.6 Å². The van der Waals surface area contributed by atoms with Crippen molar-refractivity contribution in [1.82, 2.24) is 9.88 Å². The predicted molar refractivity (Wildman–Crippen MR) is 93.9 cm³/mol. The molecular formula is C18H22ClN3O. The third kappa shape index (κ3) is 4.44. The van der Waals surface area contributed by atoms with Gasteiger partial charge < -0.3 is 10.0 Å². The highest BCUT2D eigenvalue weighted by Crippen LogP contribution is 2.19. The van der Waals surface area contributed by atoms with E-state index >= 15 is 0 Å². The molecule has 0 amide bonds.